The van der Waals surface area contributed by atoms with Crippen LogP contribution < -0.4 is 4.80 Å². The van der Waals surface area contributed by atoms with Crippen molar-refractivity contribution in [3.8, 4) is 0 Å². The predicted octanol–water partition coefficient (Wildman–Crippen LogP) is 4.14. The van der Waals surface area contributed by atoms with Crippen LogP contribution in [0.5, 0.6) is 0 Å². The van der Waals surface area contributed by atoms with Crippen LogP contribution in [0.2, 0.25) is 0 Å². The molecule has 3 rings (SSSR count). The number of nitrogens with zero attached hydrogens (tertiary/aromatic N) is 2. The molecule has 0 saturated heterocycles. The molecule has 26 heavy (non-hydrogen) atoms. The molecule has 2 aromatic carbocycles. The van der Waals surface area contributed by atoms with E-state index in [1.807, 2.05) is 24.3 Å². The second kappa shape index (κ2) is 8.43. The fraction of sp³-hybridized carbons (Fsp3) is 0.333. The van der Waals surface area contributed by atoms with E-state index in [9.17, 15) is 4.79 Å². The third kappa shape index (κ3) is 4.29. The van der Waals surface area contributed by atoms with Gasteiger partial charge in [0.05, 0.1) is 23.2 Å². The zero-order chi connectivity index (χ0) is 18.5. The van der Waals surface area contributed by atoms with Gasteiger partial charge in [-0.25, -0.2) is 0 Å². The van der Waals surface area contributed by atoms with Gasteiger partial charge in [-0.3, -0.25) is 4.79 Å². The number of thiazole rings is 1. The van der Waals surface area contributed by atoms with Gasteiger partial charge in [0.15, 0.2) is 4.80 Å². The van der Waals surface area contributed by atoms with E-state index >= 15 is 0 Å². The fourth-order valence-electron chi connectivity index (χ4n) is 2.85. The molecule has 0 N–H and O–H groups in total. The van der Waals surface area contributed by atoms with Crippen molar-refractivity contribution in [2.75, 3.05) is 13.7 Å². The number of para-hydroxylation sites is 1. The minimum absolute atomic E-state index is 0.125. The fourth-order valence-corrected chi connectivity index (χ4v) is 3.92. The van der Waals surface area contributed by atoms with Crippen LogP contribution in [0.1, 0.15) is 30.9 Å². The zero-order valence-corrected chi connectivity index (χ0v) is 16.3. The molecule has 1 amide bonds. The first kappa shape index (κ1) is 18.5. The molecule has 0 aliphatic rings. The summed E-state index contributed by atoms with van der Waals surface area (Å²) in [6.45, 7) is 5.58. The number of hydrogen-bond donors (Lipinski definition) is 0. The Morgan fingerprint density at radius 3 is 2.58 bits per heavy atom. The number of hydrogen-bond acceptors (Lipinski definition) is 3. The Morgan fingerprint density at radius 1 is 1.15 bits per heavy atom. The predicted molar refractivity (Wildman–Crippen MR) is 106 cm³/mol. The van der Waals surface area contributed by atoms with Crippen LogP contribution in [0.4, 0.5) is 0 Å². The maximum Gasteiger partial charge on any atom is 0.252 e. The lowest BCUT2D eigenvalue weighted by atomic mass is 10.0. The van der Waals surface area contributed by atoms with Crippen molar-refractivity contribution >= 4 is 27.5 Å². The highest BCUT2D eigenvalue weighted by Crippen LogP contribution is 2.17. The molecule has 136 valence electrons. The van der Waals surface area contributed by atoms with Crippen molar-refractivity contribution in [2.24, 2.45) is 4.99 Å². The minimum Gasteiger partial charge on any atom is -0.383 e. The Kier molecular flexibility index (Phi) is 6.01. The van der Waals surface area contributed by atoms with Gasteiger partial charge in [-0.15, -0.1) is 0 Å². The minimum atomic E-state index is -0.125. The van der Waals surface area contributed by atoms with Gasteiger partial charge in [-0.05, 0) is 29.2 Å². The van der Waals surface area contributed by atoms with Crippen LogP contribution in [-0.4, -0.2) is 24.2 Å². The first-order valence-corrected chi connectivity index (χ1v) is 9.64. The molecule has 0 unspecified atom stereocenters. The van der Waals surface area contributed by atoms with E-state index in [0.29, 0.717) is 25.5 Å². The van der Waals surface area contributed by atoms with Crippen LogP contribution in [0.3, 0.4) is 0 Å². The second-order valence-electron chi connectivity index (χ2n) is 6.58. The Hall–Kier alpha value is -2.24. The molecule has 0 fully saturated rings. The van der Waals surface area contributed by atoms with E-state index in [-0.39, 0.29) is 5.91 Å². The molecule has 0 saturated carbocycles. The summed E-state index contributed by atoms with van der Waals surface area (Å²) in [4.78, 5) is 17.6. The van der Waals surface area contributed by atoms with Crippen molar-refractivity contribution in [3.05, 3.63) is 64.5 Å². The molecule has 1 aromatic heterocycles. The van der Waals surface area contributed by atoms with Crippen molar-refractivity contribution in [3.63, 3.8) is 0 Å². The van der Waals surface area contributed by atoms with Crippen LogP contribution in [0, 0.1) is 0 Å². The van der Waals surface area contributed by atoms with Gasteiger partial charge in [0.25, 0.3) is 5.91 Å². The van der Waals surface area contributed by atoms with Gasteiger partial charge < -0.3 is 9.30 Å². The SMILES string of the molecule is COCCn1c(=NC(=O)Cc2ccc(C(C)C)cc2)sc2ccccc21. The summed E-state index contributed by atoms with van der Waals surface area (Å²) in [6.07, 6.45) is 0.316. The van der Waals surface area contributed by atoms with Crippen molar-refractivity contribution in [2.45, 2.75) is 32.7 Å². The van der Waals surface area contributed by atoms with Crippen LogP contribution >= 0.6 is 11.3 Å². The number of carbonyl (C=O) groups excluding carboxylic acids is 1. The smallest absolute Gasteiger partial charge is 0.252 e. The molecule has 4 nitrogen and oxygen atoms in total. The zero-order valence-electron chi connectivity index (χ0n) is 15.4. The second-order valence-corrected chi connectivity index (χ2v) is 7.58. The Morgan fingerprint density at radius 2 is 1.88 bits per heavy atom. The quantitative estimate of drug-likeness (QED) is 0.656. The first-order valence-electron chi connectivity index (χ1n) is 8.82. The van der Waals surface area contributed by atoms with Gasteiger partial charge in [-0.2, -0.15) is 4.99 Å². The van der Waals surface area contributed by atoms with Crippen molar-refractivity contribution in [1.29, 1.82) is 0 Å². The van der Waals surface area contributed by atoms with E-state index in [1.165, 1.54) is 16.9 Å². The maximum atomic E-state index is 12.5. The molecule has 0 spiro atoms. The molecule has 0 aliphatic heterocycles. The summed E-state index contributed by atoms with van der Waals surface area (Å²) in [5.74, 6) is 0.364. The Balaban J connectivity index is 1.87. The summed E-state index contributed by atoms with van der Waals surface area (Å²) in [5.41, 5.74) is 3.36. The summed E-state index contributed by atoms with van der Waals surface area (Å²) in [7, 11) is 1.68. The molecule has 5 heteroatoms. The summed E-state index contributed by atoms with van der Waals surface area (Å²) in [6, 6.07) is 16.3. The Bertz CT molecular complexity index is 952. The number of aromatic nitrogens is 1. The molecular formula is C21H24N2O2S. The number of rotatable bonds is 6. The average molecular weight is 369 g/mol. The van der Waals surface area contributed by atoms with Crippen LogP contribution in [0.25, 0.3) is 10.2 Å². The van der Waals surface area contributed by atoms with E-state index in [1.54, 1.807) is 7.11 Å². The topological polar surface area (TPSA) is 43.6 Å². The lowest BCUT2D eigenvalue weighted by Gasteiger charge is -2.06. The van der Waals surface area contributed by atoms with E-state index < -0.39 is 0 Å². The van der Waals surface area contributed by atoms with Crippen molar-refractivity contribution in [1.82, 2.24) is 4.57 Å². The lowest BCUT2D eigenvalue weighted by molar-refractivity contribution is -0.117. The maximum absolute atomic E-state index is 12.5. The van der Waals surface area contributed by atoms with Gasteiger partial charge in [0.2, 0.25) is 0 Å². The summed E-state index contributed by atoms with van der Waals surface area (Å²) in [5, 5.41) is 0. The van der Waals surface area contributed by atoms with Gasteiger partial charge in [0.1, 0.15) is 0 Å². The third-order valence-corrected chi connectivity index (χ3v) is 5.39. The molecule has 1 heterocycles. The van der Waals surface area contributed by atoms with E-state index in [4.69, 9.17) is 4.74 Å². The first-order chi connectivity index (χ1) is 12.6. The number of amides is 1. The number of benzene rings is 2. The number of methoxy groups -OCH3 is 1. The van der Waals surface area contributed by atoms with Gasteiger partial charge in [0, 0.05) is 13.7 Å². The highest BCUT2D eigenvalue weighted by molar-refractivity contribution is 7.16. The standard InChI is InChI=1S/C21H24N2O2S/c1-15(2)17-10-8-16(9-11-17)14-20(24)22-21-23(12-13-25-3)18-6-4-5-7-19(18)26-21/h4-11,15H,12-14H2,1-3H3. The number of fused-ring (bicyclic) bond motifs is 1. The lowest BCUT2D eigenvalue weighted by Crippen LogP contribution is -2.19. The average Bonchev–Trinajstić information content (AvgIpc) is 2.97. The largest absolute Gasteiger partial charge is 0.383 e. The highest BCUT2D eigenvalue weighted by Gasteiger charge is 2.08. The van der Waals surface area contributed by atoms with E-state index in [0.717, 1.165) is 20.6 Å². The van der Waals surface area contributed by atoms with Crippen LogP contribution in [-0.2, 0) is 22.5 Å². The monoisotopic (exact) mass is 368 g/mol. The molecule has 0 bridgehead atoms. The van der Waals surface area contributed by atoms with Crippen molar-refractivity contribution < 1.29 is 9.53 Å². The normalized spacial score (nSPS) is 12.2. The van der Waals surface area contributed by atoms with Crippen LogP contribution in [0.15, 0.2) is 53.5 Å². The number of ether oxygens (including phenoxy) is 1. The third-order valence-electron chi connectivity index (χ3n) is 4.33. The summed E-state index contributed by atoms with van der Waals surface area (Å²) < 4.78 is 8.39. The van der Waals surface area contributed by atoms with Gasteiger partial charge in [-0.1, -0.05) is 61.6 Å². The number of carbonyl (C=O) groups is 1. The highest BCUT2D eigenvalue weighted by atomic mass is 32.1. The molecule has 0 atom stereocenters. The molecule has 0 radical (unpaired) electrons. The Labute approximate surface area is 157 Å². The summed E-state index contributed by atoms with van der Waals surface area (Å²) >= 11 is 1.54. The molecular weight excluding hydrogens is 344 g/mol. The van der Waals surface area contributed by atoms with E-state index in [2.05, 4.69) is 47.7 Å². The van der Waals surface area contributed by atoms with Gasteiger partial charge >= 0.3 is 0 Å². The molecule has 0 aliphatic carbocycles. The molecule has 3 aromatic rings.